The predicted octanol–water partition coefficient (Wildman–Crippen LogP) is 8.88. The van der Waals surface area contributed by atoms with E-state index in [0.29, 0.717) is 24.8 Å². The minimum absolute atomic E-state index is 0.0136. The minimum Gasteiger partial charge on any atom is -0.481 e. The molecule has 4 fully saturated rings. The van der Waals surface area contributed by atoms with E-state index in [1.165, 1.54) is 5.57 Å². The number of ketones is 1. The second-order valence-corrected chi connectivity index (χ2v) is 20.4. The summed E-state index contributed by atoms with van der Waals surface area (Å²) in [5.74, 6) is 0.0619. The number of fused-ring (bicyclic) bond motifs is 7. The Bertz CT molecular complexity index is 1950. The number of esters is 1. The van der Waals surface area contributed by atoms with E-state index < -0.39 is 22.8 Å². The third-order valence-corrected chi connectivity index (χ3v) is 16.7. The smallest absolute Gasteiger partial charge is 0.309 e. The number of ether oxygens (including phenoxy) is 1. The molecular weight excluding hydrogens is 677 g/mol. The fraction of sp³-hybridized carbons (Fsp3) is 0.696. The first kappa shape index (κ1) is 38.8. The van der Waals surface area contributed by atoms with Crippen molar-refractivity contribution in [2.75, 3.05) is 0 Å². The van der Waals surface area contributed by atoms with Crippen LogP contribution in [0.4, 0.5) is 0 Å². The molecule has 0 radical (unpaired) electrons. The predicted molar refractivity (Wildman–Crippen MR) is 210 cm³/mol. The molecule has 1 N–H and O–H groups in total. The summed E-state index contributed by atoms with van der Waals surface area (Å²) >= 11 is 0. The maximum absolute atomic E-state index is 14.3. The lowest BCUT2D eigenvalue weighted by Gasteiger charge is -2.72. The van der Waals surface area contributed by atoms with Crippen molar-refractivity contribution in [1.29, 1.82) is 0 Å². The largest absolute Gasteiger partial charge is 0.481 e. The Morgan fingerprint density at radius 1 is 0.907 bits per heavy atom. The number of rotatable bonds is 8. The number of carbonyl (C=O) groups is 3. The number of hydrogen-bond donors (Lipinski definition) is 1. The zero-order valence-electron chi connectivity index (χ0n) is 34.5. The van der Waals surface area contributed by atoms with Crippen LogP contribution in [-0.4, -0.2) is 38.3 Å². The molecule has 54 heavy (non-hydrogen) atoms. The highest BCUT2D eigenvalue weighted by Gasteiger charge is 2.70. The molecule has 1 heterocycles. The summed E-state index contributed by atoms with van der Waals surface area (Å²) < 4.78 is 10.1. The molecule has 7 rings (SSSR count). The maximum Gasteiger partial charge on any atom is 0.309 e. The van der Waals surface area contributed by atoms with Gasteiger partial charge in [0.1, 0.15) is 6.10 Å². The summed E-state index contributed by atoms with van der Waals surface area (Å²) in [6.07, 6.45) is 7.93. The first-order valence-corrected chi connectivity index (χ1v) is 20.7. The summed E-state index contributed by atoms with van der Waals surface area (Å²) in [4.78, 5) is 53.0. The fourth-order valence-corrected chi connectivity index (χ4v) is 13.7. The third-order valence-electron chi connectivity index (χ3n) is 16.7. The van der Waals surface area contributed by atoms with Gasteiger partial charge in [-0.25, -0.2) is 4.68 Å². The standard InChI is InChI=1S/C46H64N2O6/c1-28(2)38-31(49)25-46(34-24-36(50)48(47(34)10)27-29-14-12-11-13-15-29)23-22-44(8)30(39(38)46)16-17-33-43(7)20-19-35(54-37(51)26-41(3,4)40(52)53)42(5,6)32(43)18-21-45(33,44)9/h11-15,24,28,30,32-33,35H,16-23,25-27H2,1-10H3,(H,52,53)/t30-,32+,33-,35+,43+,44-,45-,46+/m1/s1. The first-order chi connectivity index (χ1) is 25.1. The van der Waals surface area contributed by atoms with Gasteiger partial charge in [-0.1, -0.05) is 78.8 Å². The highest BCUT2D eigenvalue weighted by molar-refractivity contribution is 6.01. The van der Waals surface area contributed by atoms with Crippen LogP contribution in [0.15, 0.2) is 52.3 Å². The lowest BCUT2D eigenvalue weighted by molar-refractivity contribution is -0.232. The lowest BCUT2D eigenvalue weighted by atomic mass is 9.33. The Hall–Kier alpha value is -3.42. The molecule has 0 unspecified atom stereocenters. The van der Waals surface area contributed by atoms with E-state index in [4.69, 9.17) is 4.74 Å². The topological polar surface area (TPSA) is 108 Å². The van der Waals surface area contributed by atoms with Crippen LogP contribution >= 0.6 is 0 Å². The molecule has 0 saturated heterocycles. The quantitative estimate of drug-likeness (QED) is 0.271. The van der Waals surface area contributed by atoms with Crippen molar-refractivity contribution in [3.8, 4) is 0 Å². The third kappa shape index (κ3) is 5.49. The van der Waals surface area contributed by atoms with Gasteiger partial charge in [0.25, 0.3) is 5.56 Å². The second-order valence-electron chi connectivity index (χ2n) is 20.4. The van der Waals surface area contributed by atoms with Gasteiger partial charge in [0.2, 0.25) is 0 Å². The molecule has 0 amide bonds. The highest BCUT2D eigenvalue weighted by atomic mass is 16.5. The Labute approximate surface area is 322 Å². The maximum atomic E-state index is 14.3. The SMILES string of the molecule is CC(C)C1=C2[C@H]3CC[C@@H]4[C@@]5(C)CC[C@H](OC(=O)CC(C)(C)C(=O)O)C(C)(C)[C@@H]5CC[C@@]4(C)[C@]3(C)CC[C@@]2(c2cc(=O)n(Cc3ccccc3)n2C)CC1=O. The normalized spacial score (nSPS) is 35.9. The summed E-state index contributed by atoms with van der Waals surface area (Å²) in [5.41, 5.74) is 2.62. The molecule has 4 saturated carbocycles. The zero-order chi connectivity index (χ0) is 39.4. The van der Waals surface area contributed by atoms with Gasteiger partial charge in [-0.05, 0) is 122 Å². The van der Waals surface area contributed by atoms with Crippen molar-refractivity contribution in [3.05, 3.63) is 69.2 Å². The molecule has 0 spiro atoms. The zero-order valence-corrected chi connectivity index (χ0v) is 34.5. The van der Waals surface area contributed by atoms with Crippen molar-refractivity contribution >= 4 is 17.7 Å². The van der Waals surface area contributed by atoms with E-state index >= 15 is 0 Å². The van der Waals surface area contributed by atoms with Gasteiger partial charge in [-0.3, -0.25) is 23.9 Å². The molecule has 2 aromatic rings. The number of carboxylic acids is 1. The van der Waals surface area contributed by atoms with Crippen LogP contribution in [0, 0.1) is 50.7 Å². The van der Waals surface area contributed by atoms with Crippen molar-refractivity contribution in [1.82, 2.24) is 9.36 Å². The highest BCUT2D eigenvalue weighted by Crippen LogP contribution is 2.76. The number of nitrogens with zero attached hydrogens (tertiary/aromatic N) is 2. The summed E-state index contributed by atoms with van der Waals surface area (Å²) in [6.45, 7) is 20.2. The summed E-state index contributed by atoms with van der Waals surface area (Å²) in [6, 6.07) is 12.0. The number of aromatic nitrogens is 2. The Morgan fingerprint density at radius 2 is 1.59 bits per heavy atom. The molecule has 8 atom stereocenters. The number of benzene rings is 1. The van der Waals surface area contributed by atoms with Crippen molar-refractivity contribution < 1.29 is 24.2 Å². The van der Waals surface area contributed by atoms with Gasteiger partial charge in [0.05, 0.1) is 24.1 Å². The molecule has 1 aromatic carbocycles. The summed E-state index contributed by atoms with van der Waals surface area (Å²) in [5, 5.41) is 9.63. The van der Waals surface area contributed by atoms with Crippen molar-refractivity contribution in [2.45, 2.75) is 145 Å². The molecule has 0 aliphatic heterocycles. The Morgan fingerprint density at radius 3 is 2.24 bits per heavy atom. The number of hydrogen-bond acceptors (Lipinski definition) is 5. The summed E-state index contributed by atoms with van der Waals surface area (Å²) in [7, 11) is 2.01. The molecule has 294 valence electrons. The number of carbonyl (C=O) groups excluding carboxylic acids is 2. The fourth-order valence-electron chi connectivity index (χ4n) is 13.7. The molecule has 8 nitrogen and oxygen atoms in total. The van der Waals surface area contributed by atoms with Crippen LogP contribution in [0.5, 0.6) is 0 Å². The van der Waals surface area contributed by atoms with E-state index in [1.54, 1.807) is 13.8 Å². The van der Waals surface area contributed by atoms with Gasteiger partial charge >= 0.3 is 11.9 Å². The van der Waals surface area contributed by atoms with Crippen molar-refractivity contribution in [2.24, 2.45) is 57.8 Å². The van der Waals surface area contributed by atoms with E-state index in [1.807, 2.05) is 36.0 Å². The van der Waals surface area contributed by atoms with Crippen LogP contribution in [0.3, 0.4) is 0 Å². The molecule has 8 heteroatoms. The molecule has 5 aliphatic rings. The monoisotopic (exact) mass is 740 g/mol. The molecule has 5 aliphatic carbocycles. The van der Waals surface area contributed by atoms with Crippen LogP contribution < -0.4 is 5.56 Å². The van der Waals surface area contributed by atoms with Gasteiger partial charge in [0, 0.05) is 30.4 Å². The Kier molecular flexibility index (Phi) is 9.21. The van der Waals surface area contributed by atoms with Gasteiger partial charge in [-0.15, -0.1) is 0 Å². The average Bonchev–Trinajstić information content (AvgIpc) is 3.55. The van der Waals surface area contributed by atoms with Crippen LogP contribution in [0.1, 0.15) is 138 Å². The second kappa shape index (κ2) is 12.8. The van der Waals surface area contributed by atoms with E-state index in [-0.39, 0.29) is 57.4 Å². The van der Waals surface area contributed by atoms with Crippen LogP contribution in [0.2, 0.25) is 0 Å². The lowest BCUT2D eigenvalue weighted by Crippen LogP contribution is -2.66. The van der Waals surface area contributed by atoms with E-state index in [0.717, 1.165) is 68.2 Å². The van der Waals surface area contributed by atoms with E-state index in [9.17, 15) is 24.3 Å². The first-order valence-electron chi connectivity index (χ1n) is 20.7. The number of aliphatic carboxylic acids is 1. The van der Waals surface area contributed by atoms with Gasteiger partial charge in [0.15, 0.2) is 5.78 Å². The number of carboxylic acid groups (broad SMARTS) is 1. The number of allylic oxidation sites excluding steroid dienone is 2. The minimum atomic E-state index is -1.17. The van der Waals surface area contributed by atoms with Crippen LogP contribution in [0.25, 0.3) is 0 Å². The van der Waals surface area contributed by atoms with Crippen molar-refractivity contribution in [3.63, 3.8) is 0 Å². The van der Waals surface area contributed by atoms with E-state index in [2.05, 4.69) is 65.3 Å². The van der Waals surface area contributed by atoms with Gasteiger partial charge in [-0.2, -0.15) is 0 Å². The van der Waals surface area contributed by atoms with Crippen LogP contribution in [-0.2, 0) is 38.1 Å². The molecule has 0 bridgehead atoms. The molecule has 1 aromatic heterocycles. The average molecular weight is 741 g/mol. The molecular formula is C46H64N2O6. The van der Waals surface area contributed by atoms with Gasteiger partial charge < -0.3 is 9.84 Å². The Balaban J connectivity index is 1.22. The number of Topliss-reactive ketones (excluding diaryl/α,β-unsaturated/α-hetero) is 1.